The summed E-state index contributed by atoms with van der Waals surface area (Å²) in [5.41, 5.74) is 9.34. The molecule has 5 N–H and O–H groups in total. The highest BCUT2D eigenvalue weighted by atomic mass is 32.2. The average Bonchev–Trinajstić information content (AvgIpc) is 3.70. The number of nitrogens with zero attached hydrogens (tertiary/aromatic N) is 3. The fourth-order valence-corrected chi connectivity index (χ4v) is 9.99. The Kier molecular flexibility index (Phi) is 12.5. The minimum Gasteiger partial charge on any atom is -0.414 e. The van der Waals surface area contributed by atoms with Crippen molar-refractivity contribution in [3.63, 3.8) is 0 Å². The summed E-state index contributed by atoms with van der Waals surface area (Å²) < 4.78 is 54.7. The molecule has 16 nitrogen and oxygen atoms in total. The highest BCUT2D eigenvalue weighted by Gasteiger charge is 2.67. The number of amides is 2. The van der Waals surface area contributed by atoms with Crippen LogP contribution in [0.5, 0.6) is 0 Å². The number of hydrogen-bond acceptors (Lipinski definition) is 12. The monoisotopic (exact) mass is 814 g/mol. The zero-order valence-electron chi connectivity index (χ0n) is 34.0. The van der Waals surface area contributed by atoms with Crippen molar-refractivity contribution in [2.24, 2.45) is 11.5 Å². The van der Waals surface area contributed by atoms with Crippen molar-refractivity contribution in [2.45, 2.75) is 154 Å². The number of aryl methyl sites for hydroxylation is 1. The quantitative estimate of drug-likeness (QED) is 0.158. The summed E-state index contributed by atoms with van der Waals surface area (Å²) in [4.78, 5) is 54.9. The van der Waals surface area contributed by atoms with E-state index in [-0.39, 0.29) is 59.3 Å². The maximum atomic E-state index is 14.4. The summed E-state index contributed by atoms with van der Waals surface area (Å²) in [6, 6.07) is -1.36. The van der Waals surface area contributed by atoms with Gasteiger partial charge in [0.1, 0.15) is 18.2 Å². The second-order valence-corrected chi connectivity index (χ2v) is 28.9. The van der Waals surface area contributed by atoms with Crippen LogP contribution in [-0.4, -0.2) is 100 Å². The van der Waals surface area contributed by atoms with Crippen LogP contribution < -0.4 is 28.0 Å². The number of ether oxygens (including phenoxy) is 1. The van der Waals surface area contributed by atoms with E-state index < -0.39 is 74.1 Å². The first-order chi connectivity index (χ1) is 24.6. The average molecular weight is 815 g/mol. The first kappa shape index (κ1) is 44.1. The second-order valence-electron chi connectivity index (χ2n) is 17.9. The number of rotatable bonds is 12. The largest absolute Gasteiger partial charge is 0.414 e. The number of aromatic nitrogens is 2. The molecule has 54 heavy (non-hydrogen) atoms. The fraction of sp³-hybridized carbons (Fsp3) is 0.771. The third-order valence-electron chi connectivity index (χ3n) is 11.8. The molecule has 0 radical (unpaired) electrons. The minimum atomic E-state index is -4.29. The van der Waals surface area contributed by atoms with E-state index in [1.807, 2.05) is 33.9 Å². The van der Waals surface area contributed by atoms with Crippen LogP contribution in [0.2, 0.25) is 36.3 Å². The Morgan fingerprint density at radius 1 is 1.09 bits per heavy atom. The van der Waals surface area contributed by atoms with Crippen molar-refractivity contribution < 1.29 is 35.8 Å². The number of nitrogens with two attached hydrogens (primary N) is 2. The molecule has 2 fully saturated rings. The van der Waals surface area contributed by atoms with E-state index in [4.69, 9.17) is 29.2 Å². The van der Waals surface area contributed by atoms with E-state index in [0.717, 1.165) is 9.98 Å². The fourth-order valence-electron chi connectivity index (χ4n) is 6.48. The molecule has 4 rings (SSSR count). The number of hydrogen-bond donors (Lipinski definition) is 3. The van der Waals surface area contributed by atoms with Crippen LogP contribution in [0.3, 0.4) is 0 Å². The molecule has 1 aromatic heterocycles. The van der Waals surface area contributed by atoms with Crippen LogP contribution >= 0.6 is 0 Å². The van der Waals surface area contributed by atoms with Gasteiger partial charge in [0.05, 0.1) is 23.8 Å². The zero-order chi connectivity index (χ0) is 41.0. The second kappa shape index (κ2) is 15.4. The molecule has 6 atom stereocenters. The first-order valence-electron chi connectivity index (χ1n) is 18.6. The Bertz CT molecular complexity index is 1860. The summed E-state index contributed by atoms with van der Waals surface area (Å²) in [7, 11) is -9.50. The predicted octanol–water partition coefficient (Wildman–Crippen LogP) is 2.37. The van der Waals surface area contributed by atoms with Gasteiger partial charge in [-0.15, -0.1) is 0 Å². The Hall–Kier alpha value is -2.66. The number of carbonyl (C=O) groups is 2. The maximum Gasteiger partial charge on any atom is 0.333 e. The minimum absolute atomic E-state index is 0.0524. The number of carbonyl (C=O) groups excluding carboxylic acids is 2. The summed E-state index contributed by atoms with van der Waals surface area (Å²) in [5, 5.41) is 3.14. The third-order valence-corrected chi connectivity index (χ3v) is 21.8. The van der Waals surface area contributed by atoms with Gasteiger partial charge in [0, 0.05) is 31.4 Å². The molecular formula is C35H62N6O10SSi2. The van der Waals surface area contributed by atoms with E-state index in [1.165, 1.54) is 15.7 Å². The molecule has 3 aliphatic rings. The number of nitrogens with one attached hydrogen (secondary N) is 1. The zero-order valence-corrected chi connectivity index (χ0v) is 36.8. The van der Waals surface area contributed by atoms with Gasteiger partial charge in [0.15, 0.2) is 28.5 Å². The highest BCUT2D eigenvalue weighted by Crippen LogP contribution is 2.52. The Labute approximate surface area is 321 Å². The first-order valence-corrected chi connectivity index (χ1v) is 25.9. The van der Waals surface area contributed by atoms with Crippen LogP contribution in [0.25, 0.3) is 0 Å². The van der Waals surface area contributed by atoms with Crippen LogP contribution in [-0.2, 0) is 44.0 Å². The van der Waals surface area contributed by atoms with Gasteiger partial charge in [-0.25, -0.2) is 8.98 Å². The predicted molar refractivity (Wildman–Crippen MR) is 210 cm³/mol. The summed E-state index contributed by atoms with van der Waals surface area (Å²) in [6.07, 6.45) is -0.837. The molecule has 0 saturated carbocycles. The van der Waals surface area contributed by atoms with Gasteiger partial charge in [0.25, 0.3) is 15.7 Å². The Morgan fingerprint density at radius 3 is 2.24 bits per heavy atom. The van der Waals surface area contributed by atoms with Gasteiger partial charge in [-0.2, -0.15) is 8.42 Å². The molecule has 3 aliphatic heterocycles. The molecular weight excluding hydrogens is 753 g/mol. The van der Waals surface area contributed by atoms with E-state index >= 15 is 0 Å². The molecule has 4 heterocycles. The molecule has 19 heteroatoms. The molecule has 0 bridgehead atoms. The standard InChI is InChI=1S/C35H62N6O10SSi2/c1-22-19-41(32(45)40(29(22)43)18-14-16-38-28(42)24-15-13-17-39(24)30(44)23(2)36)31-27(50-54(11,12)34(6,7)8)35(25(37)21-52(46,47)51-35)26(49-31)20-48-53(9,10)33(3,4)5/h19,21,23-24,26-27,31H,13-18,20,36-37H2,1-12H3,(H,38,42)/t23-,24-,26?,27?,31?,35?/m0/s1. The molecule has 0 aliphatic carbocycles. The van der Waals surface area contributed by atoms with Gasteiger partial charge in [-0.3, -0.25) is 23.5 Å². The van der Waals surface area contributed by atoms with Crippen LogP contribution in [0, 0.1) is 6.92 Å². The SMILES string of the molecule is Cc1cn(C2OC(CO[Si](C)(C)C(C)(C)C)C3(OS(=O)(=O)C=C3N)C2O[Si](C)(C)C(C)(C)C)c(=O)n(CCCNC(=O)[C@@H]2CCCN2C(=O)[C@H](C)N)c1=O. The lowest BCUT2D eigenvalue weighted by Crippen LogP contribution is -2.59. The summed E-state index contributed by atoms with van der Waals surface area (Å²) >= 11 is 0. The van der Waals surface area contributed by atoms with Gasteiger partial charge in [-0.1, -0.05) is 41.5 Å². The lowest BCUT2D eigenvalue weighted by Gasteiger charge is -2.43. The summed E-state index contributed by atoms with van der Waals surface area (Å²) in [6.45, 7) is 24.0. The van der Waals surface area contributed by atoms with E-state index in [9.17, 15) is 27.6 Å². The van der Waals surface area contributed by atoms with E-state index in [2.05, 4.69) is 39.2 Å². The van der Waals surface area contributed by atoms with Crippen molar-refractivity contribution in [2.75, 3.05) is 19.7 Å². The van der Waals surface area contributed by atoms with E-state index in [0.29, 0.717) is 19.4 Å². The Balaban J connectivity index is 1.72. The smallest absolute Gasteiger partial charge is 0.333 e. The van der Waals surface area contributed by atoms with Crippen LogP contribution in [0.1, 0.15) is 79.5 Å². The lowest BCUT2D eigenvalue weighted by atomic mass is 9.89. The van der Waals surface area contributed by atoms with Gasteiger partial charge < -0.3 is 35.3 Å². The summed E-state index contributed by atoms with van der Waals surface area (Å²) in [5.74, 6) is -0.619. The normalized spacial score (nSPS) is 26.7. The third kappa shape index (κ3) is 8.52. The van der Waals surface area contributed by atoms with Crippen molar-refractivity contribution in [1.82, 2.24) is 19.4 Å². The van der Waals surface area contributed by atoms with E-state index in [1.54, 1.807) is 13.8 Å². The molecule has 306 valence electrons. The van der Waals surface area contributed by atoms with Crippen LogP contribution in [0.15, 0.2) is 26.9 Å². The molecule has 1 spiro atoms. The van der Waals surface area contributed by atoms with Gasteiger partial charge >= 0.3 is 5.69 Å². The molecule has 1 aromatic rings. The van der Waals surface area contributed by atoms with Crippen molar-refractivity contribution in [3.05, 3.63) is 43.7 Å². The highest BCUT2D eigenvalue weighted by molar-refractivity contribution is 7.90. The Morgan fingerprint density at radius 2 is 1.70 bits per heavy atom. The molecule has 4 unspecified atom stereocenters. The van der Waals surface area contributed by atoms with Crippen molar-refractivity contribution >= 4 is 38.6 Å². The topological polar surface area (TPSA) is 217 Å². The van der Waals surface area contributed by atoms with Gasteiger partial charge in [-0.05, 0) is 69.4 Å². The molecule has 2 saturated heterocycles. The van der Waals surface area contributed by atoms with Crippen molar-refractivity contribution in [1.29, 1.82) is 0 Å². The number of likely N-dealkylation sites (tertiary alicyclic amines) is 1. The molecule has 2 amide bonds. The lowest BCUT2D eigenvalue weighted by molar-refractivity contribution is -0.139. The van der Waals surface area contributed by atoms with Crippen molar-refractivity contribution in [3.8, 4) is 0 Å². The van der Waals surface area contributed by atoms with Crippen LogP contribution in [0.4, 0.5) is 0 Å². The maximum absolute atomic E-state index is 14.4. The molecule has 0 aromatic carbocycles. The van der Waals surface area contributed by atoms with Gasteiger partial charge in [0.2, 0.25) is 11.8 Å².